The van der Waals surface area contributed by atoms with Crippen molar-refractivity contribution in [3.63, 3.8) is 0 Å². The van der Waals surface area contributed by atoms with E-state index in [1.165, 1.54) is 0 Å². The van der Waals surface area contributed by atoms with Crippen molar-refractivity contribution < 1.29 is 17.9 Å². The van der Waals surface area contributed by atoms with Crippen LogP contribution in [-0.4, -0.2) is 36.4 Å². The van der Waals surface area contributed by atoms with Crippen LogP contribution >= 0.6 is 0 Å². The maximum atomic E-state index is 12.7. The number of ether oxygens (including phenoxy) is 2. The lowest BCUT2D eigenvalue weighted by molar-refractivity contribution is 0.170. The molecular formula is C14H17N3O5S. The van der Waals surface area contributed by atoms with Gasteiger partial charge in [0.1, 0.15) is 13.2 Å². The molecule has 1 aromatic heterocycles. The molecule has 0 saturated carbocycles. The fourth-order valence-corrected chi connectivity index (χ4v) is 3.94. The van der Waals surface area contributed by atoms with Crippen molar-refractivity contribution in [2.75, 3.05) is 13.2 Å². The molecule has 1 aliphatic heterocycles. The van der Waals surface area contributed by atoms with Gasteiger partial charge in [0, 0.05) is 12.1 Å². The molecule has 1 aliphatic rings. The number of aromatic amines is 1. The Morgan fingerprint density at radius 3 is 2.87 bits per heavy atom. The average Bonchev–Trinajstić information content (AvgIpc) is 2.90. The second kappa shape index (κ2) is 6.07. The lowest BCUT2D eigenvalue weighted by Gasteiger charge is -2.20. The van der Waals surface area contributed by atoms with Gasteiger partial charge in [0.2, 0.25) is 9.84 Å². The summed E-state index contributed by atoms with van der Waals surface area (Å²) < 4.78 is 37.4. The Kier molecular flexibility index (Phi) is 4.12. The maximum Gasteiger partial charge on any atom is 0.344 e. The van der Waals surface area contributed by atoms with Crippen LogP contribution in [0.2, 0.25) is 0 Å². The van der Waals surface area contributed by atoms with Crippen LogP contribution in [0.25, 0.3) is 0 Å². The number of hydrogen-bond acceptors (Lipinski definition) is 6. The van der Waals surface area contributed by atoms with Gasteiger partial charge in [0.15, 0.2) is 11.5 Å². The summed E-state index contributed by atoms with van der Waals surface area (Å²) in [5, 5.41) is 5.63. The van der Waals surface area contributed by atoms with Gasteiger partial charge in [-0.05, 0) is 12.5 Å². The van der Waals surface area contributed by atoms with E-state index in [9.17, 15) is 13.2 Å². The van der Waals surface area contributed by atoms with Crippen molar-refractivity contribution in [2.45, 2.75) is 30.8 Å². The Bertz CT molecular complexity index is 869. The van der Waals surface area contributed by atoms with Gasteiger partial charge < -0.3 is 9.47 Å². The first-order chi connectivity index (χ1) is 11.0. The second-order valence-corrected chi connectivity index (χ2v) is 7.05. The van der Waals surface area contributed by atoms with Crippen LogP contribution in [0.3, 0.4) is 0 Å². The molecule has 0 fully saturated rings. The monoisotopic (exact) mass is 339 g/mol. The number of nitrogens with zero attached hydrogens (tertiary/aromatic N) is 2. The Labute approximate surface area is 133 Å². The molecule has 0 bridgehead atoms. The van der Waals surface area contributed by atoms with Crippen molar-refractivity contribution in [3.05, 3.63) is 34.2 Å². The molecule has 124 valence electrons. The number of para-hydroxylation sites is 1. The van der Waals surface area contributed by atoms with Gasteiger partial charge in [-0.25, -0.2) is 18.3 Å². The van der Waals surface area contributed by atoms with E-state index in [0.29, 0.717) is 36.7 Å². The zero-order valence-corrected chi connectivity index (χ0v) is 13.4. The fourth-order valence-electron chi connectivity index (χ4n) is 2.48. The molecular weight excluding hydrogens is 322 g/mol. The molecule has 0 radical (unpaired) electrons. The number of benzene rings is 1. The first kappa shape index (κ1) is 15.6. The Hall–Kier alpha value is -2.29. The molecule has 0 atom stereocenters. The summed E-state index contributed by atoms with van der Waals surface area (Å²) in [6.45, 7) is 2.94. The summed E-state index contributed by atoms with van der Waals surface area (Å²) in [4.78, 5) is 11.7. The normalized spacial score (nSPS) is 14.0. The summed E-state index contributed by atoms with van der Waals surface area (Å²) >= 11 is 0. The minimum Gasteiger partial charge on any atom is -0.486 e. The molecule has 0 spiro atoms. The minimum atomic E-state index is -3.79. The van der Waals surface area contributed by atoms with Gasteiger partial charge in [-0.2, -0.15) is 0 Å². The number of aromatic nitrogens is 3. The molecule has 8 nitrogen and oxygen atoms in total. The Morgan fingerprint density at radius 1 is 1.30 bits per heavy atom. The van der Waals surface area contributed by atoms with E-state index < -0.39 is 15.5 Å². The minimum absolute atomic E-state index is 0.251. The number of sulfone groups is 1. The SMILES string of the molecule is CCCn1c(S(=O)(=O)Cc2cccc3c2OCCO3)n[nH]c1=O. The van der Waals surface area contributed by atoms with Crippen molar-refractivity contribution >= 4 is 9.84 Å². The zero-order chi connectivity index (χ0) is 16.4. The second-order valence-electron chi connectivity index (χ2n) is 5.16. The summed E-state index contributed by atoms with van der Waals surface area (Å²) in [6, 6.07) is 5.11. The highest BCUT2D eigenvalue weighted by molar-refractivity contribution is 7.90. The van der Waals surface area contributed by atoms with E-state index in [0.717, 1.165) is 4.57 Å². The maximum absolute atomic E-state index is 12.7. The van der Waals surface area contributed by atoms with Crippen LogP contribution in [0.4, 0.5) is 0 Å². The third-order valence-corrected chi connectivity index (χ3v) is 5.00. The summed E-state index contributed by atoms with van der Waals surface area (Å²) in [5.41, 5.74) is -0.0409. The topological polar surface area (TPSA) is 103 Å². The molecule has 0 saturated heterocycles. The van der Waals surface area contributed by atoms with Crippen LogP contribution in [-0.2, 0) is 22.1 Å². The van der Waals surface area contributed by atoms with E-state index >= 15 is 0 Å². The molecule has 0 unspecified atom stereocenters. The first-order valence-corrected chi connectivity index (χ1v) is 8.93. The van der Waals surface area contributed by atoms with Crippen molar-refractivity contribution in [3.8, 4) is 11.5 Å². The quantitative estimate of drug-likeness (QED) is 0.861. The van der Waals surface area contributed by atoms with Crippen LogP contribution in [0.1, 0.15) is 18.9 Å². The van der Waals surface area contributed by atoms with E-state index in [4.69, 9.17) is 9.47 Å². The first-order valence-electron chi connectivity index (χ1n) is 7.28. The average molecular weight is 339 g/mol. The largest absolute Gasteiger partial charge is 0.486 e. The van der Waals surface area contributed by atoms with Gasteiger partial charge in [-0.15, -0.1) is 5.10 Å². The molecule has 2 aromatic rings. The smallest absolute Gasteiger partial charge is 0.344 e. The highest BCUT2D eigenvalue weighted by Gasteiger charge is 2.27. The molecule has 0 amide bonds. The predicted molar refractivity (Wildman–Crippen MR) is 81.5 cm³/mol. The molecule has 1 N–H and O–H groups in total. The molecule has 0 aliphatic carbocycles. The van der Waals surface area contributed by atoms with Gasteiger partial charge >= 0.3 is 5.69 Å². The predicted octanol–water partition coefficient (Wildman–Crippen LogP) is 0.726. The summed E-state index contributed by atoms with van der Waals surface area (Å²) in [5.74, 6) is 0.646. The Morgan fingerprint density at radius 2 is 2.09 bits per heavy atom. The van der Waals surface area contributed by atoms with Gasteiger partial charge in [0.05, 0.1) is 5.75 Å². The third-order valence-electron chi connectivity index (χ3n) is 3.44. The van der Waals surface area contributed by atoms with Gasteiger partial charge in [-0.3, -0.25) is 4.57 Å². The van der Waals surface area contributed by atoms with Crippen LogP contribution in [0, 0.1) is 0 Å². The van der Waals surface area contributed by atoms with Gasteiger partial charge in [-0.1, -0.05) is 19.1 Å². The highest BCUT2D eigenvalue weighted by atomic mass is 32.2. The van der Waals surface area contributed by atoms with Crippen LogP contribution in [0.5, 0.6) is 11.5 Å². The Balaban J connectivity index is 1.98. The lowest BCUT2D eigenvalue weighted by Crippen LogP contribution is -2.22. The highest BCUT2D eigenvalue weighted by Crippen LogP contribution is 2.35. The van der Waals surface area contributed by atoms with E-state index in [1.807, 2.05) is 6.92 Å². The number of rotatable bonds is 5. The summed E-state index contributed by atoms with van der Waals surface area (Å²) in [7, 11) is -3.79. The van der Waals surface area contributed by atoms with Crippen LogP contribution < -0.4 is 15.2 Å². The standard InChI is InChI=1S/C14H17N3O5S/c1-2-6-17-13(18)15-16-14(17)23(19,20)9-10-4-3-5-11-12(10)22-8-7-21-11/h3-5H,2,6-9H2,1H3,(H,15,18). The number of fused-ring (bicyclic) bond motifs is 1. The molecule has 23 heavy (non-hydrogen) atoms. The molecule has 1 aromatic carbocycles. The van der Waals surface area contributed by atoms with Crippen molar-refractivity contribution in [1.29, 1.82) is 0 Å². The van der Waals surface area contributed by atoms with E-state index in [1.54, 1.807) is 18.2 Å². The zero-order valence-electron chi connectivity index (χ0n) is 12.6. The van der Waals surface area contributed by atoms with Crippen molar-refractivity contribution in [1.82, 2.24) is 14.8 Å². The fraction of sp³-hybridized carbons (Fsp3) is 0.429. The van der Waals surface area contributed by atoms with E-state index in [-0.39, 0.29) is 17.5 Å². The van der Waals surface area contributed by atoms with Crippen molar-refractivity contribution in [2.24, 2.45) is 0 Å². The molecule has 2 heterocycles. The third kappa shape index (κ3) is 2.96. The van der Waals surface area contributed by atoms with E-state index in [2.05, 4.69) is 10.2 Å². The summed E-state index contributed by atoms with van der Waals surface area (Å²) in [6.07, 6.45) is 0.625. The van der Waals surface area contributed by atoms with Crippen LogP contribution in [0.15, 0.2) is 28.2 Å². The molecule has 9 heteroatoms. The number of hydrogen-bond donors (Lipinski definition) is 1. The van der Waals surface area contributed by atoms with Gasteiger partial charge in [0.25, 0.3) is 5.16 Å². The lowest BCUT2D eigenvalue weighted by atomic mass is 10.2. The molecule has 3 rings (SSSR count). The number of H-pyrrole nitrogens is 1. The number of nitrogens with one attached hydrogen (secondary N) is 1.